The number of hydrazone groups is 1. The van der Waals surface area contributed by atoms with E-state index in [-0.39, 0.29) is 5.82 Å². The van der Waals surface area contributed by atoms with Crippen molar-refractivity contribution < 1.29 is 9.13 Å². The van der Waals surface area contributed by atoms with E-state index in [1.165, 1.54) is 12.1 Å². The second-order valence-electron chi connectivity index (χ2n) is 3.85. The highest BCUT2D eigenvalue weighted by atomic mass is 19.1. The highest BCUT2D eigenvalue weighted by molar-refractivity contribution is 5.84. The molecule has 1 N–H and O–H groups in total. The van der Waals surface area contributed by atoms with Gasteiger partial charge in [0.2, 0.25) is 0 Å². The molecule has 0 bridgehead atoms. The molecule has 0 saturated carbocycles. The fourth-order valence-corrected chi connectivity index (χ4v) is 1.60. The number of halogens is 1. The highest BCUT2D eigenvalue weighted by Gasteiger charge is 2.02. The van der Waals surface area contributed by atoms with Gasteiger partial charge in [0, 0.05) is 5.56 Å². The van der Waals surface area contributed by atoms with Gasteiger partial charge in [0.05, 0.1) is 18.5 Å². The van der Waals surface area contributed by atoms with Crippen LogP contribution in [0.5, 0.6) is 5.75 Å². The molecule has 2 aromatic rings. The number of anilines is 1. The molecule has 0 aliphatic rings. The largest absolute Gasteiger partial charge is 0.493 e. The zero-order valence-electron chi connectivity index (χ0n) is 10.6. The Morgan fingerprint density at radius 1 is 1.21 bits per heavy atom. The molecule has 0 atom stereocenters. The lowest BCUT2D eigenvalue weighted by molar-refractivity contribution is 0.339. The molecule has 0 amide bonds. The third kappa shape index (κ3) is 3.81. The molecule has 0 aliphatic carbocycles. The summed E-state index contributed by atoms with van der Waals surface area (Å²) < 4.78 is 18.6. The summed E-state index contributed by atoms with van der Waals surface area (Å²) in [6, 6.07) is 13.9. The molecule has 0 aromatic heterocycles. The zero-order valence-corrected chi connectivity index (χ0v) is 10.6. The summed E-state index contributed by atoms with van der Waals surface area (Å²) in [5, 5.41) is 4.07. The summed E-state index contributed by atoms with van der Waals surface area (Å²) in [6.07, 6.45) is 1.54. The van der Waals surface area contributed by atoms with Crippen LogP contribution in [-0.2, 0) is 0 Å². The molecule has 4 heteroatoms. The van der Waals surface area contributed by atoms with Crippen molar-refractivity contribution in [2.45, 2.75) is 6.92 Å². The summed E-state index contributed by atoms with van der Waals surface area (Å²) >= 11 is 0. The maximum absolute atomic E-state index is 13.2. The Hall–Kier alpha value is -2.36. The molecule has 19 heavy (non-hydrogen) atoms. The Labute approximate surface area is 111 Å². The first-order chi connectivity index (χ1) is 9.29. The number of hydrogen-bond donors (Lipinski definition) is 1. The molecule has 0 heterocycles. The van der Waals surface area contributed by atoms with E-state index in [4.69, 9.17) is 4.74 Å². The molecule has 3 nitrogen and oxygen atoms in total. The number of para-hydroxylation sites is 1. The van der Waals surface area contributed by atoms with E-state index in [1.54, 1.807) is 12.3 Å². The lowest BCUT2D eigenvalue weighted by atomic mass is 10.2. The fraction of sp³-hybridized carbons (Fsp3) is 0.133. The van der Waals surface area contributed by atoms with Crippen LogP contribution in [0.2, 0.25) is 0 Å². The Kier molecular flexibility index (Phi) is 4.50. The van der Waals surface area contributed by atoms with Crippen LogP contribution in [0, 0.1) is 5.82 Å². The summed E-state index contributed by atoms with van der Waals surface area (Å²) in [6.45, 7) is 2.41. The molecular formula is C15H15FN2O. The lowest BCUT2D eigenvalue weighted by Crippen LogP contribution is -1.98. The minimum absolute atomic E-state index is 0.315. The Morgan fingerprint density at radius 3 is 2.74 bits per heavy atom. The molecule has 2 rings (SSSR count). The van der Waals surface area contributed by atoms with E-state index in [0.717, 1.165) is 5.69 Å². The molecule has 0 aliphatic heterocycles. The van der Waals surface area contributed by atoms with Gasteiger partial charge in [-0.3, -0.25) is 5.43 Å². The molecule has 0 unspecified atom stereocenters. The highest BCUT2D eigenvalue weighted by Crippen LogP contribution is 2.18. The van der Waals surface area contributed by atoms with Gasteiger partial charge in [-0.25, -0.2) is 4.39 Å². The molecule has 0 saturated heterocycles. The molecule has 0 spiro atoms. The minimum atomic E-state index is -0.315. The van der Waals surface area contributed by atoms with Gasteiger partial charge in [-0.1, -0.05) is 18.2 Å². The van der Waals surface area contributed by atoms with Crippen LogP contribution < -0.4 is 10.2 Å². The fourth-order valence-electron chi connectivity index (χ4n) is 1.60. The van der Waals surface area contributed by atoms with E-state index in [2.05, 4.69) is 10.5 Å². The van der Waals surface area contributed by atoms with Crippen LogP contribution in [0.1, 0.15) is 12.5 Å². The predicted octanol–water partition coefficient (Wildman–Crippen LogP) is 3.67. The van der Waals surface area contributed by atoms with E-state index in [1.807, 2.05) is 37.3 Å². The van der Waals surface area contributed by atoms with Gasteiger partial charge in [-0.2, -0.15) is 5.10 Å². The second kappa shape index (κ2) is 6.54. The van der Waals surface area contributed by atoms with E-state index in [0.29, 0.717) is 17.9 Å². The van der Waals surface area contributed by atoms with Crippen LogP contribution in [0.25, 0.3) is 0 Å². The topological polar surface area (TPSA) is 33.6 Å². The van der Waals surface area contributed by atoms with Crippen molar-refractivity contribution in [3.63, 3.8) is 0 Å². The minimum Gasteiger partial charge on any atom is -0.493 e. The average molecular weight is 258 g/mol. The van der Waals surface area contributed by atoms with Gasteiger partial charge >= 0.3 is 0 Å². The third-order valence-electron chi connectivity index (χ3n) is 2.44. The zero-order chi connectivity index (χ0) is 13.5. The number of nitrogens with zero attached hydrogens (tertiary/aromatic N) is 1. The summed E-state index contributed by atoms with van der Waals surface area (Å²) in [7, 11) is 0. The monoisotopic (exact) mass is 258 g/mol. The third-order valence-corrected chi connectivity index (χ3v) is 2.44. The van der Waals surface area contributed by atoms with Crippen LogP contribution in [0.3, 0.4) is 0 Å². The lowest BCUT2D eigenvalue weighted by Gasteiger charge is -2.06. The maximum atomic E-state index is 13.2. The molecule has 2 aromatic carbocycles. The molecule has 0 radical (unpaired) electrons. The first kappa shape index (κ1) is 13.1. The van der Waals surface area contributed by atoms with Crippen LogP contribution in [0.15, 0.2) is 53.6 Å². The smallest absolute Gasteiger partial charge is 0.128 e. The van der Waals surface area contributed by atoms with Crippen molar-refractivity contribution in [2.75, 3.05) is 12.0 Å². The van der Waals surface area contributed by atoms with Crippen molar-refractivity contribution >= 4 is 11.9 Å². The number of nitrogens with one attached hydrogen (secondary N) is 1. The number of rotatable bonds is 5. The van der Waals surface area contributed by atoms with Crippen molar-refractivity contribution in [2.24, 2.45) is 5.10 Å². The second-order valence-corrected chi connectivity index (χ2v) is 3.85. The molecule has 98 valence electrons. The summed E-state index contributed by atoms with van der Waals surface area (Å²) in [5.74, 6) is 0.298. The van der Waals surface area contributed by atoms with Crippen molar-refractivity contribution in [1.29, 1.82) is 0 Å². The first-order valence-corrected chi connectivity index (χ1v) is 6.06. The molecule has 0 fully saturated rings. The Balaban J connectivity index is 2.11. The quantitative estimate of drug-likeness (QED) is 0.655. The number of benzene rings is 2. The number of ether oxygens (including phenoxy) is 1. The normalized spacial score (nSPS) is 10.6. The van der Waals surface area contributed by atoms with E-state index >= 15 is 0 Å². The standard InChI is InChI=1S/C15H15FN2O/c1-2-19-15-9-8-13(16)10-12(15)11-17-18-14-6-4-3-5-7-14/h3-11,18H,2H2,1H3. The van der Waals surface area contributed by atoms with Gasteiger partial charge in [-0.15, -0.1) is 0 Å². The first-order valence-electron chi connectivity index (χ1n) is 6.06. The number of hydrogen-bond acceptors (Lipinski definition) is 3. The van der Waals surface area contributed by atoms with Crippen LogP contribution in [0.4, 0.5) is 10.1 Å². The summed E-state index contributed by atoms with van der Waals surface area (Å²) in [4.78, 5) is 0. The van der Waals surface area contributed by atoms with Crippen LogP contribution in [-0.4, -0.2) is 12.8 Å². The predicted molar refractivity (Wildman–Crippen MR) is 75.2 cm³/mol. The van der Waals surface area contributed by atoms with Gasteiger partial charge < -0.3 is 4.74 Å². The van der Waals surface area contributed by atoms with Gasteiger partial charge in [-0.05, 0) is 37.3 Å². The maximum Gasteiger partial charge on any atom is 0.128 e. The van der Waals surface area contributed by atoms with E-state index < -0.39 is 0 Å². The van der Waals surface area contributed by atoms with Crippen molar-refractivity contribution in [3.8, 4) is 5.75 Å². The van der Waals surface area contributed by atoms with Gasteiger partial charge in [0.25, 0.3) is 0 Å². The van der Waals surface area contributed by atoms with Crippen LogP contribution >= 0.6 is 0 Å². The SMILES string of the molecule is CCOc1ccc(F)cc1C=NNc1ccccc1. The van der Waals surface area contributed by atoms with E-state index in [9.17, 15) is 4.39 Å². The summed E-state index contributed by atoms with van der Waals surface area (Å²) in [5.41, 5.74) is 4.34. The molecular weight excluding hydrogens is 243 g/mol. The van der Waals surface area contributed by atoms with Gasteiger partial charge in [0.1, 0.15) is 11.6 Å². The average Bonchev–Trinajstić information content (AvgIpc) is 2.43. The Bertz CT molecular complexity index is 555. The van der Waals surface area contributed by atoms with Crippen molar-refractivity contribution in [3.05, 3.63) is 59.9 Å². The van der Waals surface area contributed by atoms with Crippen molar-refractivity contribution in [1.82, 2.24) is 0 Å². The van der Waals surface area contributed by atoms with Gasteiger partial charge in [0.15, 0.2) is 0 Å². The Morgan fingerprint density at radius 2 is 2.00 bits per heavy atom.